The number of hydrogen-bond donors (Lipinski definition) is 3. The van der Waals surface area contributed by atoms with Crippen molar-refractivity contribution in [3.05, 3.63) is 59.9 Å². The van der Waals surface area contributed by atoms with Gasteiger partial charge in [0.2, 0.25) is 0 Å². The maximum Gasteiger partial charge on any atom is 0.314 e. The SMILES string of the molecule is Cl.N#Cc1ccnc(Nc2cc(C3CC3)cc(-c3ccc(NC4CCN(C(N)=O)CC4)nc3)n2)c1. The van der Waals surface area contributed by atoms with E-state index < -0.39 is 0 Å². The molecule has 2 amide bonds. The number of nitrogens with two attached hydrogens (primary N) is 1. The molecule has 1 saturated heterocycles. The van der Waals surface area contributed by atoms with Crippen LogP contribution in [0.4, 0.5) is 22.2 Å². The zero-order chi connectivity index (χ0) is 23.5. The summed E-state index contributed by atoms with van der Waals surface area (Å²) in [5, 5.41) is 15.9. The van der Waals surface area contributed by atoms with Crippen molar-refractivity contribution in [3.8, 4) is 17.3 Å². The largest absolute Gasteiger partial charge is 0.367 e. The van der Waals surface area contributed by atoms with Gasteiger partial charge in [-0.15, -0.1) is 12.4 Å². The number of primary amides is 1. The van der Waals surface area contributed by atoms with Gasteiger partial charge in [-0.25, -0.2) is 19.7 Å². The summed E-state index contributed by atoms with van der Waals surface area (Å²) in [6.07, 6.45) is 7.49. The van der Waals surface area contributed by atoms with Crippen molar-refractivity contribution in [1.82, 2.24) is 19.9 Å². The van der Waals surface area contributed by atoms with Gasteiger partial charge in [0, 0.05) is 37.1 Å². The number of nitriles is 1. The quantitative estimate of drug-likeness (QED) is 0.466. The third-order valence-corrected chi connectivity index (χ3v) is 6.26. The van der Waals surface area contributed by atoms with Crippen molar-refractivity contribution in [2.75, 3.05) is 23.7 Å². The van der Waals surface area contributed by atoms with Crippen LogP contribution in [0, 0.1) is 11.3 Å². The lowest BCUT2D eigenvalue weighted by Gasteiger charge is -2.31. The second-order valence-corrected chi connectivity index (χ2v) is 8.79. The number of piperidine rings is 1. The first-order chi connectivity index (χ1) is 16.6. The first-order valence-electron chi connectivity index (χ1n) is 11.5. The van der Waals surface area contributed by atoms with Crippen LogP contribution in [0.2, 0.25) is 0 Å². The molecule has 0 atom stereocenters. The van der Waals surface area contributed by atoms with E-state index in [4.69, 9.17) is 16.0 Å². The highest BCUT2D eigenvalue weighted by Crippen LogP contribution is 2.42. The van der Waals surface area contributed by atoms with Crippen LogP contribution >= 0.6 is 12.4 Å². The molecule has 0 aromatic carbocycles. The zero-order valence-corrected chi connectivity index (χ0v) is 20.0. The second-order valence-electron chi connectivity index (χ2n) is 8.79. The predicted molar refractivity (Wildman–Crippen MR) is 137 cm³/mol. The van der Waals surface area contributed by atoms with Crippen LogP contribution in [0.25, 0.3) is 11.3 Å². The van der Waals surface area contributed by atoms with Crippen molar-refractivity contribution in [3.63, 3.8) is 0 Å². The number of urea groups is 1. The Kier molecular flexibility index (Phi) is 7.32. The van der Waals surface area contributed by atoms with Crippen molar-refractivity contribution < 1.29 is 4.79 Å². The number of pyridine rings is 3. The third-order valence-electron chi connectivity index (χ3n) is 6.26. The van der Waals surface area contributed by atoms with Crippen molar-refractivity contribution in [2.24, 2.45) is 5.73 Å². The van der Waals surface area contributed by atoms with Crippen LogP contribution in [-0.2, 0) is 0 Å². The topological polar surface area (TPSA) is 133 Å². The fraction of sp³-hybridized carbons (Fsp3) is 0.320. The van der Waals surface area contributed by atoms with Gasteiger partial charge in [-0.3, -0.25) is 0 Å². The summed E-state index contributed by atoms with van der Waals surface area (Å²) in [5.41, 5.74) is 8.93. The molecule has 0 unspecified atom stereocenters. The van der Waals surface area contributed by atoms with Gasteiger partial charge < -0.3 is 21.3 Å². The van der Waals surface area contributed by atoms with Gasteiger partial charge in [-0.05, 0) is 73.6 Å². The fourth-order valence-electron chi connectivity index (χ4n) is 4.20. The minimum absolute atomic E-state index is 0. The molecule has 4 N–H and O–H groups in total. The number of halogens is 1. The highest BCUT2D eigenvalue weighted by molar-refractivity contribution is 5.85. The molecular formula is C25H27ClN8O. The predicted octanol–water partition coefficient (Wildman–Crippen LogP) is 4.41. The molecule has 5 rings (SSSR count). The molecule has 0 spiro atoms. The van der Waals surface area contributed by atoms with E-state index in [1.165, 1.54) is 18.4 Å². The summed E-state index contributed by atoms with van der Waals surface area (Å²) < 4.78 is 0. The number of rotatable bonds is 6. The summed E-state index contributed by atoms with van der Waals surface area (Å²) in [6, 6.07) is 13.6. The molecule has 35 heavy (non-hydrogen) atoms. The molecule has 180 valence electrons. The number of nitrogens with zero attached hydrogens (tertiary/aromatic N) is 5. The minimum atomic E-state index is -0.357. The van der Waals surface area contributed by atoms with Crippen LogP contribution in [0.1, 0.15) is 42.7 Å². The number of amides is 2. The van der Waals surface area contributed by atoms with E-state index in [9.17, 15) is 4.79 Å². The van der Waals surface area contributed by atoms with Gasteiger partial charge in [-0.2, -0.15) is 5.26 Å². The molecule has 10 heteroatoms. The van der Waals surface area contributed by atoms with Crippen LogP contribution in [-0.4, -0.2) is 45.0 Å². The highest BCUT2D eigenvalue weighted by atomic mass is 35.5. The van der Waals surface area contributed by atoms with Gasteiger partial charge in [-0.1, -0.05) is 0 Å². The number of carbonyl (C=O) groups is 1. The molecule has 1 aliphatic heterocycles. The van der Waals surface area contributed by atoms with Gasteiger partial charge in [0.25, 0.3) is 0 Å². The smallest absolute Gasteiger partial charge is 0.314 e. The lowest BCUT2D eigenvalue weighted by molar-refractivity contribution is 0.193. The molecule has 1 aliphatic carbocycles. The number of likely N-dealkylation sites (tertiary alicyclic amines) is 1. The number of carbonyl (C=O) groups excluding carboxylic acids is 1. The first-order valence-corrected chi connectivity index (χ1v) is 11.5. The third kappa shape index (κ3) is 5.97. The molecule has 9 nitrogen and oxygen atoms in total. The number of anilines is 3. The van der Waals surface area contributed by atoms with Crippen LogP contribution < -0.4 is 16.4 Å². The standard InChI is InChI=1S/C25H26N8O.ClH/c26-14-16-5-8-28-23(11-16)32-24-13-19(17-1-2-17)12-21(31-24)18-3-4-22(29-15-18)30-20-6-9-33(10-7-20)25(27)34;/h3-5,8,11-13,15,17,20H,1-2,6-7,9-10H2,(H2,27,34)(H,29,30)(H,28,31,32);1H. The average Bonchev–Trinajstić information content (AvgIpc) is 3.70. The Morgan fingerprint density at radius 2 is 1.83 bits per heavy atom. The van der Waals surface area contributed by atoms with E-state index in [0.717, 1.165) is 29.9 Å². The Bertz CT molecular complexity index is 1230. The summed E-state index contributed by atoms with van der Waals surface area (Å²) in [7, 11) is 0. The molecule has 4 heterocycles. The first kappa shape index (κ1) is 24.2. The fourth-order valence-corrected chi connectivity index (χ4v) is 4.20. The van der Waals surface area contributed by atoms with Gasteiger partial charge in [0.05, 0.1) is 17.3 Å². The molecule has 2 aliphatic rings. The van der Waals surface area contributed by atoms with Crippen LogP contribution in [0.3, 0.4) is 0 Å². The molecular weight excluding hydrogens is 464 g/mol. The van der Waals surface area contributed by atoms with E-state index in [0.29, 0.717) is 36.2 Å². The number of aromatic nitrogens is 3. The molecule has 3 aromatic rings. The monoisotopic (exact) mass is 490 g/mol. The molecule has 0 bridgehead atoms. The van der Waals surface area contributed by atoms with E-state index in [1.807, 2.05) is 18.3 Å². The Balaban J connectivity index is 0.00000289. The lowest BCUT2D eigenvalue weighted by atomic mass is 10.1. The average molecular weight is 491 g/mol. The van der Waals surface area contributed by atoms with Crippen LogP contribution in [0.5, 0.6) is 0 Å². The van der Waals surface area contributed by atoms with Crippen molar-refractivity contribution in [2.45, 2.75) is 37.6 Å². The maximum atomic E-state index is 11.3. The van der Waals surface area contributed by atoms with Gasteiger partial charge in [0.15, 0.2) is 0 Å². The Labute approximate surface area is 210 Å². The second kappa shape index (κ2) is 10.6. The van der Waals surface area contributed by atoms with E-state index in [1.54, 1.807) is 23.2 Å². The van der Waals surface area contributed by atoms with Gasteiger partial charge in [0.1, 0.15) is 17.5 Å². The molecule has 1 saturated carbocycles. The summed E-state index contributed by atoms with van der Waals surface area (Å²) in [6.45, 7) is 1.32. The normalized spacial score (nSPS) is 15.6. The van der Waals surface area contributed by atoms with Crippen molar-refractivity contribution in [1.29, 1.82) is 5.26 Å². The maximum absolute atomic E-state index is 11.3. The summed E-state index contributed by atoms with van der Waals surface area (Å²) >= 11 is 0. The van der Waals surface area contributed by atoms with E-state index in [2.05, 4.69) is 38.8 Å². The Morgan fingerprint density at radius 1 is 1.03 bits per heavy atom. The van der Waals surface area contributed by atoms with Gasteiger partial charge >= 0.3 is 6.03 Å². The molecule has 0 radical (unpaired) electrons. The molecule has 2 fully saturated rings. The number of nitrogens with one attached hydrogen (secondary N) is 2. The zero-order valence-electron chi connectivity index (χ0n) is 19.1. The minimum Gasteiger partial charge on any atom is -0.367 e. The van der Waals surface area contributed by atoms with Crippen molar-refractivity contribution >= 4 is 35.9 Å². The Hall–Kier alpha value is -3.90. The summed E-state index contributed by atoms with van der Waals surface area (Å²) in [4.78, 5) is 26.7. The van der Waals surface area contributed by atoms with E-state index in [-0.39, 0.29) is 24.5 Å². The lowest BCUT2D eigenvalue weighted by Crippen LogP contribution is -2.44. The van der Waals surface area contributed by atoms with E-state index >= 15 is 0 Å². The van der Waals surface area contributed by atoms with Crippen LogP contribution in [0.15, 0.2) is 48.8 Å². The summed E-state index contributed by atoms with van der Waals surface area (Å²) in [5.74, 6) is 2.65. The Morgan fingerprint density at radius 3 is 2.49 bits per heavy atom. The number of hydrogen-bond acceptors (Lipinski definition) is 7. The molecule has 3 aromatic heterocycles. The highest BCUT2D eigenvalue weighted by Gasteiger charge is 2.25.